The lowest BCUT2D eigenvalue weighted by molar-refractivity contribution is -0.108. The van der Waals surface area contributed by atoms with E-state index in [0.717, 1.165) is 4.57 Å². The second-order valence-electron chi connectivity index (χ2n) is 3.17. The molecule has 1 heterocycles. The highest BCUT2D eigenvalue weighted by Gasteiger charge is 2.08. The van der Waals surface area contributed by atoms with Gasteiger partial charge >= 0.3 is 5.69 Å². The van der Waals surface area contributed by atoms with Crippen LogP contribution in [0.25, 0.3) is 10.9 Å². The first kappa shape index (κ1) is 10.8. The lowest BCUT2D eigenvalue weighted by Crippen LogP contribution is -2.35. The smallest absolute Gasteiger partial charge is 0.306 e. The third-order valence-electron chi connectivity index (χ3n) is 2.22. The van der Waals surface area contributed by atoms with Crippen LogP contribution in [0.3, 0.4) is 0 Å². The fraction of sp³-hybridized carbons (Fsp3) is 0.100. The minimum atomic E-state index is -0.587. The molecule has 0 fully saturated rings. The fourth-order valence-corrected chi connectivity index (χ4v) is 1.95. The van der Waals surface area contributed by atoms with Crippen LogP contribution in [0.4, 0.5) is 0 Å². The summed E-state index contributed by atoms with van der Waals surface area (Å²) in [6.07, 6.45) is 0.514. The van der Waals surface area contributed by atoms with Gasteiger partial charge < -0.3 is 9.78 Å². The van der Waals surface area contributed by atoms with Gasteiger partial charge in [0.2, 0.25) is 0 Å². The van der Waals surface area contributed by atoms with Crippen molar-refractivity contribution in [3.05, 3.63) is 43.5 Å². The van der Waals surface area contributed by atoms with E-state index in [1.54, 1.807) is 18.2 Å². The lowest BCUT2D eigenvalue weighted by atomic mass is 10.2. The Balaban J connectivity index is 2.95. The first-order valence-corrected chi connectivity index (χ1v) is 5.29. The minimum Gasteiger partial charge on any atom is -0.306 e. The van der Waals surface area contributed by atoms with Crippen molar-refractivity contribution >= 4 is 33.1 Å². The van der Waals surface area contributed by atoms with Gasteiger partial charge in [0.15, 0.2) is 0 Å². The number of carbonyl (C=O) groups excluding carboxylic acids is 1. The standard InChI is InChI=1S/C10H7BrN2O3/c11-7-3-1-2-6-8(7)12-10(16)13(4-5-14)9(6)15/h1-3,5H,4H2,(H,12,16). The van der Waals surface area contributed by atoms with Crippen LogP contribution >= 0.6 is 15.9 Å². The molecule has 0 aliphatic carbocycles. The van der Waals surface area contributed by atoms with E-state index in [0.29, 0.717) is 21.7 Å². The number of hydrogen-bond donors (Lipinski definition) is 1. The molecule has 0 radical (unpaired) electrons. The predicted octanol–water partition coefficient (Wildman–Crippen LogP) is 0.651. The number of aldehydes is 1. The van der Waals surface area contributed by atoms with Crippen molar-refractivity contribution in [1.82, 2.24) is 9.55 Å². The molecule has 0 saturated carbocycles. The zero-order chi connectivity index (χ0) is 11.7. The third kappa shape index (κ3) is 1.61. The number of H-pyrrole nitrogens is 1. The number of fused-ring (bicyclic) bond motifs is 1. The quantitative estimate of drug-likeness (QED) is 0.822. The summed E-state index contributed by atoms with van der Waals surface area (Å²) in [4.78, 5) is 36.3. The van der Waals surface area contributed by atoms with Crippen LogP contribution in [-0.4, -0.2) is 15.8 Å². The van der Waals surface area contributed by atoms with E-state index in [9.17, 15) is 14.4 Å². The Bertz CT molecular complexity index is 672. The van der Waals surface area contributed by atoms with Crippen LogP contribution in [0.5, 0.6) is 0 Å². The number of para-hydroxylation sites is 1. The predicted molar refractivity (Wildman–Crippen MR) is 62.6 cm³/mol. The number of benzene rings is 1. The highest BCUT2D eigenvalue weighted by molar-refractivity contribution is 9.10. The highest BCUT2D eigenvalue weighted by atomic mass is 79.9. The summed E-state index contributed by atoms with van der Waals surface area (Å²) < 4.78 is 1.50. The molecule has 0 amide bonds. The van der Waals surface area contributed by atoms with Crippen molar-refractivity contribution in [1.29, 1.82) is 0 Å². The van der Waals surface area contributed by atoms with E-state index in [-0.39, 0.29) is 6.54 Å². The molecule has 0 unspecified atom stereocenters. The van der Waals surface area contributed by atoms with Crippen LogP contribution in [0.15, 0.2) is 32.3 Å². The summed E-state index contributed by atoms with van der Waals surface area (Å²) in [6.45, 7) is -0.239. The highest BCUT2D eigenvalue weighted by Crippen LogP contribution is 2.17. The number of aromatic amines is 1. The molecule has 2 aromatic rings. The van der Waals surface area contributed by atoms with Crippen molar-refractivity contribution in [2.24, 2.45) is 0 Å². The number of nitrogens with one attached hydrogen (secondary N) is 1. The van der Waals surface area contributed by atoms with Crippen LogP contribution in [0.2, 0.25) is 0 Å². The molecule has 0 spiro atoms. The zero-order valence-corrected chi connectivity index (χ0v) is 9.65. The van der Waals surface area contributed by atoms with E-state index in [1.165, 1.54) is 0 Å². The van der Waals surface area contributed by atoms with E-state index >= 15 is 0 Å². The van der Waals surface area contributed by atoms with Gasteiger partial charge in [-0.1, -0.05) is 6.07 Å². The third-order valence-corrected chi connectivity index (χ3v) is 2.88. The van der Waals surface area contributed by atoms with Gasteiger partial charge in [-0.15, -0.1) is 0 Å². The van der Waals surface area contributed by atoms with E-state index in [1.807, 2.05) is 0 Å². The largest absolute Gasteiger partial charge is 0.329 e. The number of nitrogens with zero attached hydrogens (tertiary/aromatic N) is 1. The second-order valence-corrected chi connectivity index (χ2v) is 4.03. The number of halogens is 1. The van der Waals surface area contributed by atoms with Gasteiger partial charge in [-0.25, -0.2) is 4.79 Å². The maximum Gasteiger partial charge on any atom is 0.329 e. The summed E-state index contributed by atoms with van der Waals surface area (Å²) in [6, 6.07) is 5.01. The molecule has 82 valence electrons. The van der Waals surface area contributed by atoms with Gasteiger partial charge in [0.05, 0.1) is 17.4 Å². The first-order valence-electron chi connectivity index (χ1n) is 4.50. The number of aromatic nitrogens is 2. The van der Waals surface area contributed by atoms with Crippen molar-refractivity contribution in [2.75, 3.05) is 0 Å². The Morgan fingerprint density at radius 3 is 2.81 bits per heavy atom. The van der Waals surface area contributed by atoms with Gasteiger partial charge in [0.25, 0.3) is 5.56 Å². The van der Waals surface area contributed by atoms with Gasteiger partial charge in [0, 0.05) is 4.47 Å². The summed E-state index contributed by atoms with van der Waals surface area (Å²) in [7, 11) is 0. The molecule has 0 atom stereocenters. The van der Waals surface area contributed by atoms with Crippen molar-refractivity contribution in [2.45, 2.75) is 6.54 Å². The van der Waals surface area contributed by atoms with Gasteiger partial charge in [-0.2, -0.15) is 0 Å². The van der Waals surface area contributed by atoms with E-state index in [2.05, 4.69) is 20.9 Å². The molecule has 0 aliphatic heterocycles. The minimum absolute atomic E-state index is 0.239. The van der Waals surface area contributed by atoms with E-state index in [4.69, 9.17) is 0 Å². The normalized spacial score (nSPS) is 10.6. The molecule has 1 N–H and O–H groups in total. The average molecular weight is 283 g/mol. The molecule has 1 aromatic carbocycles. The maximum absolute atomic E-state index is 11.9. The summed E-state index contributed by atoms with van der Waals surface area (Å²) in [5.74, 6) is 0. The van der Waals surface area contributed by atoms with Crippen molar-refractivity contribution < 1.29 is 4.79 Å². The second kappa shape index (κ2) is 4.05. The fourth-order valence-electron chi connectivity index (χ4n) is 1.48. The average Bonchev–Trinajstić information content (AvgIpc) is 2.26. The number of hydrogen-bond acceptors (Lipinski definition) is 3. The summed E-state index contributed by atoms with van der Waals surface area (Å²) in [5, 5.41) is 0.371. The molecule has 0 aliphatic rings. The monoisotopic (exact) mass is 282 g/mol. The summed E-state index contributed by atoms with van der Waals surface area (Å²) in [5.41, 5.74) is -0.608. The van der Waals surface area contributed by atoms with E-state index < -0.39 is 11.2 Å². The molecule has 16 heavy (non-hydrogen) atoms. The molecule has 5 nitrogen and oxygen atoms in total. The van der Waals surface area contributed by atoms with Gasteiger partial charge in [-0.3, -0.25) is 9.36 Å². The van der Waals surface area contributed by atoms with Crippen LogP contribution in [-0.2, 0) is 11.3 Å². The summed E-state index contributed by atoms with van der Waals surface area (Å²) >= 11 is 3.24. The number of rotatable bonds is 2. The molecule has 0 saturated heterocycles. The SMILES string of the molecule is O=CCn1c(=O)[nH]c2c(Br)cccc2c1=O. The first-order chi connectivity index (χ1) is 7.65. The Hall–Kier alpha value is -1.69. The van der Waals surface area contributed by atoms with Crippen molar-refractivity contribution in [3.8, 4) is 0 Å². The van der Waals surface area contributed by atoms with Crippen molar-refractivity contribution in [3.63, 3.8) is 0 Å². The Morgan fingerprint density at radius 2 is 2.12 bits per heavy atom. The Kier molecular flexibility index (Phi) is 2.74. The lowest BCUT2D eigenvalue weighted by Gasteiger charge is -2.03. The van der Waals surface area contributed by atoms with Gasteiger partial charge in [-0.05, 0) is 28.1 Å². The topological polar surface area (TPSA) is 71.9 Å². The molecular weight excluding hydrogens is 276 g/mol. The maximum atomic E-state index is 11.9. The zero-order valence-electron chi connectivity index (χ0n) is 8.07. The Morgan fingerprint density at radius 1 is 1.38 bits per heavy atom. The Labute approximate surface area is 97.8 Å². The van der Waals surface area contributed by atoms with Crippen LogP contribution < -0.4 is 11.2 Å². The molecule has 1 aromatic heterocycles. The molecule has 6 heteroatoms. The van der Waals surface area contributed by atoms with Crippen LogP contribution in [0.1, 0.15) is 0 Å². The van der Waals surface area contributed by atoms with Crippen LogP contribution in [0, 0.1) is 0 Å². The number of carbonyl (C=O) groups is 1. The molecule has 0 bridgehead atoms. The van der Waals surface area contributed by atoms with Gasteiger partial charge in [0.1, 0.15) is 6.29 Å². The molecule has 2 rings (SSSR count). The molecular formula is C10H7BrN2O3.